The first-order valence-corrected chi connectivity index (χ1v) is 10.1. The van der Waals surface area contributed by atoms with Gasteiger partial charge < -0.3 is 10.2 Å². The lowest BCUT2D eigenvalue weighted by Gasteiger charge is -2.34. The molecule has 0 spiro atoms. The van der Waals surface area contributed by atoms with Crippen LogP contribution in [0.2, 0.25) is 0 Å². The standard InChI is InChI=1S/C24H31N3O/c1-20-10-11-21(2)23(19-20)25-24(28)12-14-27-17-15-26(16-18-27)13-6-9-22-7-4-3-5-8-22/h3-11,19H,12-18H2,1-2H3,(H,25,28)/b9-6+. The number of nitrogens with zero attached hydrogens (tertiary/aromatic N) is 2. The Hall–Kier alpha value is -2.43. The lowest BCUT2D eigenvalue weighted by Crippen LogP contribution is -2.46. The van der Waals surface area contributed by atoms with Crippen LogP contribution >= 0.6 is 0 Å². The Bertz CT molecular complexity index is 793. The smallest absolute Gasteiger partial charge is 0.225 e. The normalized spacial score (nSPS) is 15.8. The molecule has 1 heterocycles. The van der Waals surface area contributed by atoms with Crippen LogP contribution in [0.3, 0.4) is 0 Å². The quantitative estimate of drug-likeness (QED) is 0.793. The lowest BCUT2D eigenvalue weighted by atomic mass is 10.1. The van der Waals surface area contributed by atoms with Gasteiger partial charge >= 0.3 is 0 Å². The highest BCUT2D eigenvalue weighted by atomic mass is 16.1. The summed E-state index contributed by atoms with van der Waals surface area (Å²) in [6, 6.07) is 16.6. The Labute approximate surface area is 168 Å². The van der Waals surface area contributed by atoms with E-state index in [-0.39, 0.29) is 5.91 Å². The molecule has 1 aliphatic rings. The summed E-state index contributed by atoms with van der Waals surface area (Å²) in [4.78, 5) is 17.2. The molecule has 3 rings (SSSR count). The predicted octanol–water partition coefficient (Wildman–Crippen LogP) is 3.96. The molecule has 0 saturated carbocycles. The summed E-state index contributed by atoms with van der Waals surface area (Å²) >= 11 is 0. The Morgan fingerprint density at radius 3 is 2.46 bits per heavy atom. The van der Waals surface area contributed by atoms with E-state index in [9.17, 15) is 4.79 Å². The molecule has 0 radical (unpaired) electrons. The molecule has 1 fully saturated rings. The topological polar surface area (TPSA) is 35.6 Å². The SMILES string of the molecule is Cc1ccc(C)c(NC(=O)CCN2CCN(C/C=C/c3ccccc3)CC2)c1. The number of hydrogen-bond donors (Lipinski definition) is 1. The third-order valence-corrected chi connectivity index (χ3v) is 5.26. The van der Waals surface area contributed by atoms with E-state index in [1.54, 1.807) is 0 Å². The molecule has 0 aliphatic carbocycles. The van der Waals surface area contributed by atoms with Crippen molar-refractivity contribution in [3.63, 3.8) is 0 Å². The van der Waals surface area contributed by atoms with Crippen molar-refractivity contribution in [1.29, 1.82) is 0 Å². The number of carbonyl (C=O) groups is 1. The van der Waals surface area contributed by atoms with E-state index in [1.807, 2.05) is 26.0 Å². The van der Waals surface area contributed by atoms with E-state index >= 15 is 0 Å². The second kappa shape index (κ2) is 10.2. The molecule has 0 aromatic heterocycles. The molecule has 2 aromatic rings. The minimum Gasteiger partial charge on any atom is -0.326 e. The molecule has 1 amide bonds. The van der Waals surface area contributed by atoms with Gasteiger partial charge in [0.2, 0.25) is 5.91 Å². The van der Waals surface area contributed by atoms with E-state index < -0.39 is 0 Å². The van der Waals surface area contributed by atoms with Gasteiger partial charge in [0.25, 0.3) is 0 Å². The molecule has 148 valence electrons. The fourth-order valence-electron chi connectivity index (χ4n) is 3.44. The van der Waals surface area contributed by atoms with Crippen LogP contribution in [0.25, 0.3) is 6.08 Å². The first-order valence-electron chi connectivity index (χ1n) is 10.1. The van der Waals surface area contributed by atoms with E-state index in [1.165, 1.54) is 11.1 Å². The highest BCUT2D eigenvalue weighted by Crippen LogP contribution is 2.16. The number of rotatable bonds is 7. The minimum atomic E-state index is 0.0990. The van der Waals surface area contributed by atoms with Crippen molar-refractivity contribution in [2.75, 3.05) is 44.6 Å². The average molecular weight is 378 g/mol. The summed E-state index contributed by atoms with van der Waals surface area (Å²) in [7, 11) is 0. The average Bonchev–Trinajstić information content (AvgIpc) is 2.71. The summed E-state index contributed by atoms with van der Waals surface area (Å²) in [6.45, 7) is 10.0. The fourth-order valence-corrected chi connectivity index (χ4v) is 3.44. The first-order chi connectivity index (χ1) is 13.6. The van der Waals surface area contributed by atoms with Gasteiger partial charge in [0.1, 0.15) is 0 Å². The van der Waals surface area contributed by atoms with Crippen molar-refractivity contribution in [1.82, 2.24) is 9.80 Å². The predicted molar refractivity (Wildman–Crippen MR) is 118 cm³/mol. The van der Waals surface area contributed by atoms with E-state index in [2.05, 4.69) is 63.7 Å². The van der Waals surface area contributed by atoms with Gasteiger partial charge in [0.05, 0.1) is 0 Å². The largest absolute Gasteiger partial charge is 0.326 e. The van der Waals surface area contributed by atoms with E-state index in [4.69, 9.17) is 0 Å². The van der Waals surface area contributed by atoms with Crippen LogP contribution in [-0.2, 0) is 4.79 Å². The van der Waals surface area contributed by atoms with Gasteiger partial charge in [0.15, 0.2) is 0 Å². The number of amides is 1. The maximum Gasteiger partial charge on any atom is 0.225 e. The minimum absolute atomic E-state index is 0.0990. The van der Waals surface area contributed by atoms with Crippen LogP contribution in [0.1, 0.15) is 23.1 Å². The Morgan fingerprint density at radius 1 is 1.00 bits per heavy atom. The molecule has 0 atom stereocenters. The molecular weight excluding hydrogens is 346 g/mol. The maximum absolute atomic E-state index is 12.3. The van der Waals surface area contributed by atoms with Gasteiger partial charge in [-0.2, -0.15) is 0 Å². The van der Waals surface area contributed by atoms with Crippen LogP contribution in [0.4, 0.5) is 5.69 Å². The monoisotopic (exact) mass is 377 g/mol. The third-order valence-electron chi connectivity index (χ3n) is 5.26. The van der Waals surface area contributed by atoms with Gasteiger partial charge in [-0.3, -0.25) is 9.69 Å². The zero-order chi connectivity index (χ0) is 19.8. The third kappa shape index (κ3) is 6.32. The number of aryl methyl sites for hydroxylation is 2. The maximum atomic E-state index is 12.3. The van der Waals surface area contributed by atoms with Gasteiger partial charge in [-0.1, -0.05) is 54.6 Å². The number of piperazine rings is 1. The molecular formula is C24H31N3O. The summed E-state index contributed by atoms with van der Waals surface area (Å²) in [5.41, 5.74) is 4.45. The zero-order valence-corrected chi connectivity index (χ0v) is 17.0. The molecule has 28 heavy (non-hydrogen) atoms. The van der Waals surface area contributed by atoms with Crippen LogP contribution < -0.4 is 5.32 Å². The lowest BCUT2D eigenvalue weighted by molar-refractivity contribution is -0.116. The molecule has 1 aliphatic heterocycles. The van der Waals surface area contributed by atoms with Crippen molar-refractivity contribution in [2.45, 2.75) is 20.3 Å². The molecule has 4 nitrogen and oxygen atoms in total. The van der Waals surface area contributed by atoms with Crippen LogP contribution in [-0.4, -0.2) is 55.0 Å². The second-order valence-corrected chi connectivity index (χ2v) is 7.57. The number of hydrogen-bond acceptors (Lipinski definition) is 3. The zero-order valence-electron chi connectivity index (χ0n) is 17.0. The number of nitrogens with one attached hydrogen (secondary N) is 1. The first kappa shape index (κ1) is 20.3. The van der Waals surface area contributed by atoms with Crippen molar-refractivity contribution < 1.29 is 4.79 Å². The molecule has 1 saturated heterocycles. The van der Waals surface area contributed by atoms with E-state index in [0.29, 0.717) is 6.42 Å². The fraction of sp³-hybridized carbons (Fsp3) is 0.375. The molecule has 0 unspecified atom stereocenters. The number of benzene rings is 2. The highest BCUT2D eigenvalue weighted by molar-refractivity contribution is 5.91. The summed E-state index contributed by atoms with van der Waals surface area (Å²) in [5, 5.41) is 3.06. The van der Waals surface area contributed by atoms with Crippen molar-refractivity contribution in [3.05, 3.63) is 71.3 Å². The van der Waals surface area contributed by atoms with Crippen molar-refractivity contribution in [2.24, 2.45) is 0 Å². The molecule has 2 aromatic carbocycles. The Morgan fingerprint density at radius 2 is 1.71 bits per heavy atom. The number of anilines is 1. The highest BCUT2D eigenvalue weighted by Gasteiger charge is 2.16. The molecule has 1 N–H and O–H groups in total. The Balaban J connectivity index is 1.35. The second-order valence-electron chi connectivity index (χ2n) is 7.57. The number of carbonyl (C=O) groups excluding carboxylic acids is 1. The molecule has 4 heteroatoms. The summed E-state index contributed by atoms with van der Waals surface area (Å²) in [6.07, 6.45) is 4.97. The van der Waals surface area contributed by atoms with Gasteiger partial charge in [0, 0.05) is 51.4 Å². The van der Waals surface area contributed by atoms with E-state index in [0.717, 1.165) is 50.5 Å². The van der Waals surface area contributed by atoms with Crippen molar-refractivity contribution >= 4 is 17.7 Å². The van der Waals surface area contributed by atoms with Gasteiger partial charge in [-0.15, -0.1) is 0 Å². The summed E-state index contributed by atoms with van der Waals surface area (Å²) in [5.74, 6) is 0.0990. The van der Waals surface area contributed by atoms with Gasteiger partial charge in [-0.25, -0.2) is 0 Å². The molecule has 0 bridgehead atoms. The van der Waals surface area contributed by atoms with Crippen LogP contribution in [0, 0.1) is 13.8 Å². The van der Waals surface area contributed by atoms with Crippen molar-refractivity contribution in [3.8, 4) is 0 Å². The Kier molecular flexibility index (Phi) is 7.40. The van der Waals surface area contributed by atoms with Crippen LogP contribution in [0.5, 0.6) is 0 Å². The van der Waals surface area contributed by atoms with Gasteiger partial charge in [-0.05, 0) is 36.6 Å². The van der Waals surface area contributed by atoms with Crippen LogP contribution in [0.15, 0.2) is 54.6 Å². The summed E-state index contributed by atoms with van der Waals surface area (Å²) < 4.78 is 0.